The third kappa shape index (κ3) is 4.47. The zero-order valence-electron chi connectivity index (χ0n) is 14.1. The van der Waals surface area contributed by atoms with E-state index in [2.05, 4.69) is 15.4 Å². The summed E-state index contributed by atoms with van der Waals surface area (Å²) in [5.74, 6) is -0.169. The topological polar surface area (TPSA) is 113 Å². The minimum absolute atomic E-state index is 0.00126. The van der Waals surface area contributed by atoms with Gasteiger partial charge in [-0.1, -0.05) is 29.9 Å². The van der Waals surface area contributed by atoms with Gasteiger partial charge < -0.3 is 4.74 Å². The van der Waals surface area contributed by atoms with Crippen LogP contribution in [0, 0.1) is 10.1 Å². The molecular weight excluding hydrogens is 394 g/mol. The molecule has 2 aromatic heterocycles. The molecule has 2 heterocycles. The predicted molar refractivity (Wildman–Crippen MR) is 98.4 cm³/mol. The van der Waals surface area contributed by atoms with Gasteiger partial charge in [0.2, 0.25) is 5.82 Å². The summed E-state index contributed by atoms with van der Waals surface area (Å²) in [5.41, 5.74) is 1.28. The van der Waals surface area contributed by atoms with Gasteiger partial charge in [-0.25, -0.2) is 4.79 Å². The number of aromatic nitrogens is 4. The van der Waals surface area contributed by atoms with E-state index in [1.165, 1.54) is 10.9 Å². The first kappa shape index (κ1) is 18.9. The monoisotopic (exact) mass is 407 g/mol. The van der Waals surface area contributed by atoms with Crippen molar-refractivity contribution in [3.63, 3.8) is 0 Å². The lowest BCUT2D eigenvalue weighted by molar-refractivity contribution is -0.380. The second kappa shape index (κ2) is 8.23. The van der Waals surface area contributed by atoms with Gasteiger partial charge in [-0.3, -0.25) is 10.1 Å². The SMILES string of the molecule is CCC(C(=O)OCc1csc([N+](=O)[O-])c1)n1nnc(-c2ccc(Cl)cc2)n1. The molecule has 0 saturated heterocycles. The highest BCUT2D eigenvalue weighted by molar-refractivity contribution is 7.13. The second-order valence-corrected chi connectivity index (χ2v) is 6.85. The third-order valence-corrected chi connectivity index (χ3v) is 4.85. The molecule has 3 aromatic rings. The lowest BCUT2D eigenvalue weighted by atomic mass is 10.2. The van der Waals surface area contributed by atoms with E-state index in [-0.39, 0.29) is 11.6 Å². The maximum absolute atomic E-state index is 12.4. The molecule has 0 aliphatic heterocycles. The smallest absolute Gasteiger partial charge is 0.333 e. The molecule has 0 radical (unpaired) electrons. The van der Waals surface area contributed by atoms with E-state index in [0.29, 0.717) is 22.8 Å². The highest BCUT2D eigenvalue weighted by Gasteiger charge is 2.24. The van der Waals surface area contributed by atoms with Gasteiger partial charge in [0.15, 0.2) is 6.04 Å². The lowest BCUT2D eigenvalue weighted by Crippen LogP contribution is -2.23. The van der Waals surface area contributed by atoms with E-state index in [1.807, 2.05) is 0 Å². The summed E-state index contributed by atoms with van der Waals surface area (Å²) < 4.78 is 5.26. The number of carbonyl (C=O) groups is 1. The summed E-state index contributed by atoms with van der Waals surface area (Å²) in [6.45, 7) is 1.74. The Bertz CT molecular complexity index is 956. The number of nitro groups is 1. The number of halogens is 1. The molecule has 0 saturated carbocycles. The Morgan fingerprint density at radius 3 is 2.78 bits per heavy atom. The van der Waals surface area contributed by atoms with E-state index < -0.39 is 16.9 Å². The number of tetrazole rings is 1. The van der Waals surface area contributed by atoms with E-state index in [9.17, 15) is 14.9 Å². The molecule has 1 atom stereocenters. The van der Waals surface area contributed by atoms with Crippen LogP contribution in [0.1, 0.15) is 24.9 Å². The first-order valence-electron chi connectivity index (χ1n) is 7.91. The molecule has 1 unspecified atom stereocenters. The van der Waals surface area contributed by atoms with Crippen molar-refractivity contribution in [3.8, 4) is 11.4 Å². The molecule has 0 spiro atoms. The van der Waals surface area contributed by atoms with Crippen LogP contribution in [0.3, 0.4) is 0 Å². The molecule has 3 rings (SSSR count). The Morgan fingerprint density at radius 2 is 2.15 bits per heavy atom. The first-order chi connectivity index (χ1) is 13.0. The van der Waals surface area contributed by atoms with Crippen molar-refractivity contribution in [3.05, 3.63) is 56.4 Å². The summed E-state index contributed by atoms with van der Waals surface area (Å²) in [5, 5.41) is 25.0. The Morgan fingerprint density at radius 1 is 1.41 bits per heavy atom. The van der Waals surface area contributed by atoms with Gasteiger partial charge in [0, 0.05) is 27.6 Å². The van der Waals surface area contributed by atoms with Crippen molar-refractivity contribution >= 4 is 33.9 Å². The molecule has 27 heavy (non-hydrogen) atoms. The molecule has 11 heteroatoms. The first-order valence-corrected chi connectivity index (χ1v) is 9.17. The zero-order valence-corrected chi connectivity index (χ0v) is 15.7. The molecule has 0 N–H and O–H groups in total. The van der Waals surface area contributed by atoms with Crippen LogP contribution in [-0.4, -0.2) is 31.1 Å². The quantitative estimate of drug-likeness (QED) is 0.333. The maximum Gasteiger partial charge on any atom is 0.333 e. The minimum Gasteiger partial charge on any atom is -0.459 e. The summed E-state index contributed by atoms with van der Waals surface area (Å²) in [6, 6.07) is 7.57. The van der Waals surface area contributed by atoms with Gasteiger partial charge in [0.25, 0.3) is 0 Å². The van der Waals surface area contributed by atoms with Gasteiger partial charge in [-0.2, -0.15) is 0 Å². The summed E-state index contributed by atoms with van der Waals surface area (Å²) in [4.78, 5) is 23.8. The van der Waals surface area contributed by atoms with E-state index in [1.54, 1.807) is 36.6 Å². The van der Waals surface area contributed by atoms with Crippen LogP contribution >= 0.6 is 22.9 Å². The Labute approximate surface area is 162 Å². The molecule has 0 amide bonds. The molecule has 0 aliphatic rings. The Kier molecular flexibility index (Phi) is 5.77. The Balaban J connectivity index is 1.67. The normalized spacial score (nSPS) is 11.9. The van der Waals surface area contributed by atoms with Crippen molar-refractivity contribution in [1.82, 2.24) is 20.2 Å². The number of ether oxygens (including phenoxy) is 1. The fraction of sp³-hybridized carbons (Fsp3) is 0.250. The number of esters is 1. The van der Waals surface area contributed by atoms with Crippen molar-refractivity contribution in [2.45, 2.75) is 26.0 Å². The van der Waals surface area contributed by atoms with E-state index in [0.717, 1.165) is 16.9 Å². The molecule has 140 valence electrons. The van der Waals surface area contributed by atoms with Gasteiger partial charge in [0.1, 0.15) is 6.61 Å². The lowest BCUT2D eigenvalue weighted by Gasteiger charge is -2.12. The van der Waals surface area contributed by atoms with Crippen LogP contribution < -0.4 is 0 Å². The molecule has 1 aromatic carbocycles. The standard InChI is InChI=1S/C16H14ClN5O4S/c1-2-13(16(23)26-8-10-7-14(22(24)25)27-9-10)21-19-15(18-20-21)11-3-5-12(17)6-4-11/h3-7,9,13H,2,8H2,1H3. The second-order valence-electron chi connectivity index (χ2n) is 5.52. The molecule has 0 aliphatic carbocycles. The third-order valence-electron chi connectivity index (χ3n) is 3.67. The van der Waals surface area contributed by atoms with Crippen LogP contribution in [0.15, 0.2) is 35.7 Å². The van der Waals surface area contributed by atoms with Crippen molar-refractivity contribution < 1.29 is 14.5 Å². The van der Waals surface area contributed by atoms with E-state index >= 15 is 0 Å². The van der Waals surface area contributed by atoms with Crippen LogP contribution in [0.2, 0.25) is 5.02 Å². The maximum atomic E-state index is 12.4. The van der Waals surface area contributed by atoms with Crippen molar-refractivity contribution in [2.75, 3.05) is 0 Å². The number of thiophene rings is 1. The number of benzene rings is 1. The largest absolute Gasteiger partial charge is 0.459 e. The molecule has 9 nitrogen and oxygen atoms in total. The van der Waals surface area contributed by atoms with Gasteiger partial charge >= 0.3 is 11.0 Å². The average molecular weight is 408 g/mol. The molecular formula is C16H14ClN5O4S. The van der Waals surface area contributed by atoms with Crippen LogP contribution in [-0.2, 0) is 16.1 Å². The zero-order chi connectivity index (χ0) is 19.4. The number of hydrogen-bond donors (Lipinski definition) is 0. The summed E-state index contributed by atoms with van der Waals surface area (Å²) in [7, 11) is 0. The van der Waals surface area contributed by atoms with Crippen LogP contribution in [0.25, 0.3) is 11.4 Å². The molecule has 0 fully saturated rings. The fourth-order valence-electron chi connectivity index (χ4n) is 2.28. The van der Waals surface area contributed by atoms with Crippen LogP contribution in [0.5, 0.6) is 0 Å². The number of carbonyl (C=O) groups excluding carboxylic acids is 1. The van der Waals surface area contributed by atoms with Crippen LogP contribution in [0.4, 0.5) is 5.00 Å². The van der Waals surface area contributed by atoms with Gasteiger partial charge in [0.05, 0.1) is 4.92 Å². The average Bonchev–Trinajstić information content (AvgIpc) is 3.31. The number of hydrogen-bond acceptors (Lipinski definition) is 8. The Hall–Kier alpha value is -2.85. The highest BCUT2D eigenvalue weighted by Crippen LogP contribution is 2.24. The number of rotatable bonds is 7. The van der Waals surface area contributed by atoms with Crippen molar-refractivity contribution in [2.24, 2.45) is 0 Å². The fourth-order valence-corrected chi connectivity index (χ4v) is 3.12. The highest BCUT2D eigenvalue weighted by atomic mass is 35.5. The number of nitrogens with zero attached hydrogens (tertiary/aromatic N) is 5. The van der Waals surface area contributed by atoms with Gasteiger partial charge in [-0.05, 0) is 35.9 Å². The van der Waals surface area contributed by atoms with E-state index in [4.69, 9.17) is 16.3 Å². The van der Waals surface area contributed by atoms with Crippen molar-refractivity contribution in [1.29, 1.82) is 0 Å². The predicted octanol–water partition coefficient (Wildman–Crippen LogP) is 3.66. The summed E-state index contributed by atoms with van der Waals surface area (Å²) >= 11 is 6.85. The molecule has 0 bridgehead atoms. The summed E-state index contributed by atoms with van der Waals surface area (Å²) in [6.07, 6.45) is 0.402. The van der Waals surface area contributed by atoms with Gasteiger partial charge in [-0.15, -0.1) is 15.0 Å². The minimum atomic E-state index is -0.743.